The second kappa shape index (κ2) is 12.6. The average Bonchev–Trinajstić information content (AvgIpc) is 3.26. The highest BCUT2D eigenvalue weighted by atomic mass is 79.9. The van der Waals surface area contributed by atoms with Crippen molar-refractivity contribution in [1.82, 2.24) is 0 Å². The number of carbonyl (C=O) groups excluding carboxylic acids is 3. The average molecular weight is 627 g/mol. The van der Waals surface area contributed by atoms with Gasteiger partial charge in [0.15, 0.2) is 5.41 Å². The molecule has 0 spiro atoms. The lowest BCUT2D eigenvalue weighted by Gasteiger charge is -2.35. The molecule has 0 aliphatic carbocycles. The molecule has 1 aliphatic heterocycles. The molecule has 7 nitrogen and oxygen atoms in total. The maximum atomic E-state index is 14.9. The summed E-state index contributed by atoms with van der Waals surface area (Å²) in [6.45, 7) is 2.05. The van der Waals surface area contributed by atoms with Gasteiger partial charge in [-0.1, -0.05) is 84.2 Å². The Hall–Kier alpha value is -4.43. The monoisotopic (exact) mass is 625 g/mol. The van der Waals surface area contributed by atoms with Crippen LogP contribution in [0.15, 0.2) is 114 Å². The number of anilines is 3. The molecule has 0 saturated carbocycles. The first-order valence-electron chi connectivity index (χ1n) is 13.9. The number of unbranched alkanes of at least 4 members (excludes halogenated alkanes) is 1. The molecule has 214 valence electrons. The van der Waals surface area contributed by atoms with Gasteiger partial charge in [-0.25, -0.2) is 14.8 Å². The number of hydrazine groups is 1. The van der Waals surface area contributed by atoms with E-state index in [1.807, 2.05) is 84.9 Å². The third-order valence-corrected chi connectivity index (χ3v) is 8.12. The Morgan fingerprint density at radius 1 is 0.810 bits per heavy atom. The van der Waals surface area contributed by atoms with Crippen molar-refractivity contribution in [2.24, 2.45) is 5.41 Å². The first-order valence-corrected chi connectivity index (χ1v) is 14.7. The molecule has 42 heavy (non-hydrogen) atoms. The second-order valence-electron chi connectivity index (χ2n) is 10.2. The van der Waals surface area contributed by atoms with Gasteiger partial charge >= 0.3 is 5.97 Å². The van der Waals surface area contributed by atoms with E-state index in [0.717, 1.165) is 16.5 Å². The van der Waals surface area contributed by atoms with Crippen molar-refractivity contribution in [3.05, 3.63) is 125 Å². The van der Waals surface area contributed by atoms with Crippen molar-refractivity contribution in [1.29, 1.82) is 0 Å². The second-order valence-corrected chi connectivity index (χ2v) is 11.1. The zero-order valence-electron chi connectivity index (χ0n) is 23.5. The normalized spacial score (nSPS) is 15.0. The molecule has 1 fully saturated rings. The van der Waals surface area contributed by atoms with Crippen molar-refractivity contribution in [2.75, 3.05) is 22.4 Å². The highest BCUT2D eigenvalue weighted by molar-refractivity contribution is 9.10. The fourth-order valence-corrected chi connectivity index (χ4v) is 5.71. The molecule has 0 radical (unpaired) electrons. The number of hydrogen-bond acceptors (Lipinski definition) is 5. The lowest BCUT2D eigenvalue weighted by molar-refractivity contribution is -0.136. The third-order valence-electron chi connectivity index (χ3n) is 7.59. The summed E-state index contributed by atoms with van der Waals surface area (Å²) in [6, 6.07) is 32.3. The van der Waals surface area contributed by atoms with E-state index in [1.165, 1.54) is 17.1 Å². The summed E-state index contributed by atoms with van der Waals surface area (Å²) in [5.74, 6) is -1.05. The van der Waals surface area contributed by atoms with E-state index in [9.17, 15) is 14.4 Å². The highest BCUT2D eigenvalue weighted by Gasteiger charge is 2.63. The molecule has 1 atom stereocenters. The van der Waals surface area contributed by atoms with Gasteiger partial charge in [-0.3, -0.25) is 9.59 Å². The number of halogens is 1. The number of hydrogen-bond donors (Lipinski definition) is 1. The molecule has 0 unspecified atom stereocenters. The molecule has 8 heteroatoms. The molecular weight excluding hydrogens is 594 g/mol. The van der Waals surface area contributed by atoms with Crippen LogP contribution >= 0.6 is 15.9 Å². The maximum absolute atomic E-state index is 14.9. The lowest BCUT2D eigenvalue weighted by Crippen LogP contribution is -2.45. The van der Waals surface area contributed by atoms with Gasteiger partial charge in [0.1, 0.15) is 0 Å². The van der Waals surface area contributed by atoms with Gasteiger partial charge in [-0.05, 0) is 72.6 Å². The molecule has 1 heterocycles. The third kappa shape index (κ3) is 5.42. The van der Waals surface area contributed by atoms with E-state index in [4.69, 9.17) is 4.74 Å². The van der Waals surface area contributed by atoms with Crippen LogP contribution in [0.3, 0.4) is 0 Å². The SMILES string of the molecule is CCCCC1([C@H](Nc2ccc(C(=O)OC)cc2)c2ccc(Br)cc2)C(=O)N(c2ccccc2)N(c2ccccc2)C1=O. The van der Waals surface area contributed by atoms with Crippen LogP contribution in [0.25, 0.3) is 0 Å². The number of ether oxygens (including phenoxy) is 1. The van der Waals surface area contributed by atoms with E-state index >= 15 is 0 Å². The number of rotatable bonds is 10. The molecule has 0 bridgehead atoms. The standard InChI is InChI=1S/C34H32BrN3O4/c1-3-4-23-34(30(24-15-19-26(35)20-16-24)36-27-21-17-25(18-22-27)31(39)42-2)32(40)37(28-11-7-5-8-12-28)38(33(34)41)29-13-9-6-10-14-29/h5-22,30,36H,3-4,23H2,1-2H3/t30-/m1/s1. The van der Waals surface area contributed by atoms with Crippen LogP contribution in [0.2, 0.25) is 0 Å². The van der Waals surface area contributed by atoms with E-state index in [-0.39, 0.29) is 11.8 Å². The molecule has 2 amide bonds. The van der Waals surface area contributed by atoms with Gasteiger partial charge < -0.3 is 10.1 Å². The van der Waals surface area contributed by atoms with Crippen molar-refractivity contribution < 1.29 is 19.1 Å². The summed E-state index contributed by atoms with van der Waals surface area (Å²) >= 11 is 3.52. The van der Waals surface area contributed by atoms with Crippen LogP contribution in [0.4, 0.5) is 17.1 Å². The fraction of sp³-hybridized carbons (Fsp3) is 0.206. The van der Waals surface area contributed by atoms with Crippen LogP contribution in [-0.4, -0.2) is 24.9 Å². The molecule has 1 aliphatic rings. The van der Waals surface area contributed by atoms with Gasteiger partial charge in [0.2, 0.25) is 0 Å². The first-order chi connectivity index (χ1) is 20.4. The predicted molar refractivity (Wildman–Crippen MR) is 168 cm³/mol. The van der Waals surface area contributed by atoms with Gasteiger partial charge in [-0.2, -0.15) is 0 Å². The van der Waals surface area contributed by atoms with Crippen molar-refractivity contribution in [2.45, 2.75) is 32.2 Å². The van der Waals surface area contributed by atoms with Crippen LogP contribution in [0, 0.1) is 5.41 Å². The van der Waals surface area contributed by atoms with Gasteiger partial charge in [0, 0.05) is 10.2 Å². The number of nitrogens with zero attached hydrogens (tertiary/aromatic N) is 2. The Morgan fingerprint density at radius 2 is 1.33 bits per heavy atom. The minimum absolute atomic E-state index is 0.303. The quantitative estimate of drug-likeness (QED) is 0.145. The van der Waals surface area contributed by atoms with Gasteiger partial charge in [-0.15, -0.1) is 0 Å². The lowest BCUT2D eigenvalue weighted by atomic mass is 9.72. The van der Waals surface area contributed by atoms with E-state index < -0.39 is 17.4 Å². The number of benzene rings is 4. The highest BCUT2D eigenvalue weighted by Crippen LogP contribution is 2.50. The Labute approximate surface area is 254 Å². The summed E-state index contributed by atoms with van der Waals surface area (Å²) in [5.41, 5.74) is 1.59. The number of amides is 2. The molecule has 1 N–H and O–H groups in total. The molecule has 5 rings (SSSR count). The summed E-state index contributed by atoms with van der Waals surface area (Å²) in [7, 11) is 1.34. The summed E-state index contributed by atoms with van der Waals surface area (Å²) in [6.07, 6.45) is 1.81. The number of esters is 1. The summed E-state index contributed by atoms with van der Waals surface area (Å²) in [5, 5.41) is 6.56. The Balaban J connectivity index is 1.70. The Bertz CT molecular complexity index is 1490. The number of methoxy groups -OCH3 is 1. The van der Waals surface area contributed by atoms with Crippen LogP contribution < -0.4 is 15.3 Å². The van der Waals surface area contributed by atoms with Crippen molar-refractivity contribution in [3.8, 4) is 0 Å². The van der Waals surface area contributed by atoms with Crippen LogP contribution in [0.1, 0.15) is 48.1 Å². The number of carbonyl (C=O) groups is 3. The Morgan fingerprint density at radius 3 is 1.81 bits per heavy atom. The van der Waals surface area contributed by atoms with E-state index in [2.05, 4.69) is 28.2 Å². The summed E-state index contributed by atoms with van der Waals surface area (Å²) in [4.78, 5) is 41.9. The molecule has 4 aromatic rings. The van der Waals surface area contributed by atoms with Crippen molar-refractivity contribution in [3.63, 3.8) is 0 Å². The zero-order valence-corrected chi connectivity index (χ0v) is 25.1. The molecule has 4 aromatic carbocycles. The van der Waals surface area contributed by atoms with E-state index in [1.54, 1.807) is 24.3 Å². The topological polar surface area (TPSA) is 79.0 Å². The first kappa shape index (κ1) is 29.1. The predicted octanol–water partition coefficient (Wildman–Crippen LogP) is 7.56. The number of nitrogens with one attached hydrogen (secondary N) is 1. The van der Waals surface area contributed by atoms with Gasteiger partial charge in [0.05, 0.1) is 30.1 Å². The Kier molecular flexibility index (Phi) is 8.73. The van der Waals surface area contributed by atoms with Crippen molar-refractivity contribution >= 4 is 50.8 Å². The van der Waals surface area contributed by atoms with Gasteiger partial charge in [0.25, 0.3) is 11.8 Å². The number of para-hydroxylation sites is 2. The van der Waals surface area contributed by atoms with Crippen LogP contribution in [-0.2, 0) is 14.3 Å². The maximum Gasteiger partial charge on any atom is 0.337 e. The summed E-state index contributed by atoms with van der Waals surface area (Å²) < 4.78 is 5.74. The largest absolute Gasteiger partial charge is 0.465 e. The molecular formula is C34H32BrN3O4. The minimum atomic E-state index is -1.48. The fourth-order valence-electron chi connectivity index (χ4n) is 5.45. The smallest absolute Gasteiger partial charge is 0.337 e. The minimum Gasteiger partial charge on any atom is -0.465 e. The molecule has 1 saturated heterocycles. The van der Waals surface area contributed by atoms with E-state index in [0.29, 0.717) is 35.5 Å². The van der Waals surface area contributed by atoms with Crippen LogP contribution in [0.5, 0.6) is 0 Å². The zero-order chi connectivity index (χ0) is 29.7. The molecule has 0 aromatic heterocycles.